The molecule has 1 spiro atoms. The van der Waals surface area contributed by atoms with Gasteiger partial charge in [0.25, 0.3) is 0 Å². The summed E-state index contributed by atoms with van der Waals surface area (Å²) in [5.74, 6) is -2.83. The highest BCUT2D eigenvalue weighted by Gasteiger charge is 2.79. The third-order valence-corrected chi connectivity index (χ3v) is 9.21. The van der Waals surface area contributed by atoms with Crippen molar-refractivity contribution in [3.05, 3.63) is 25.3 Å². The summed E-state index contributed by atoms with van der Waals surface area (Å²) in [6.07, 6.45) is 4.75. The van der Waals surface area contributed by atoms with Gasteiger partial charge in [0.05, 0.1) is 37.4 Å². The summed E-state index contributed by atoms with van der Waals surface area (Å²) in [7, 11) is 0. The number of esters is 1. The molecule has 0 aromatic rings. The number of fused-ring (bicyclic) bond motifs is 1. The number of morpholine rings is 1. The minimum atomic E-state index is -1.16. The van der Waals surface area contributed by atoms with Crippen LogP contribution in [0.3, 0.4) is 0 Å². The van der Waals surface area contributed by atoms with Crippen molar-refractivity contribution in [2.45, 2.75) is 63.3 Å². The summed E-state index contributed by atoms with van der Waals surface area (Å²) in [6, 6.07) is -1.55. The van der Waals surface area contributed by atoms with Crippen molar-refractivity contribution in [1.82, 2.24) is 14.7 Å². The predicted octanol–water partition coefficient (Wildman–Crippen LogP) is 1.23. The van der Waals surface area contributed by atoms with Gasteiger partial charge in [-0.15, -0.1) is 6.58 Å². The molecule has 0 saturated carbocycles. The van der Waals surface area contributed by atoms with Crippen LogP contribution in [0, 0.1) is 17.8 Å². The van der Waals surface area contributed by atoms with Gasteiger partial charge in [-0.2, -0.15) is 0 Å². The largest absolute Gasteiger partial charge is 0.461 e. The fourth-order valence-corrected chi connectivity index (χ4v) is 7.21. The number of hydrogen-bond acceptors (Lipinski definition) is 8. The Morgan fingerprint density at radius 3 is 2.54 bits per heavy atom. The van der Waals surface area contributed by atoms with Crippen molar-refractivity contribution in [1.29, 1.82) is 0 Å². The van der Waals surface area contributed by atoms with Gasteiger partial charge < -0.3 is 29.1 Å². The predicted molar refractivity (Wildman–Crippen MR) is 145 cm³/mol. The number of aliphatic hydroxyl groups is 1. The zero-order chi connectivity index (χ0) is 28.4. The van der Waals surface area contributed by atoms with Gasteiger partial charge in [-0.25, -0.2) is 0 Å². The molecule has 4 aliphatic heterocycles. The van der Waals surface area contributed by atoms with E-state index in [0.29, 0.717) is 52.1 Å². The average molecular weight is 548 g/mol. The Morgan fingerprint density at radius 2 is 1.95 bits per heavy atom. The summed E-state index contributed by atoms with van der Waals surface area (Å²) >= 11 is 0. The van der Waals surface area contributed by atoms with E-state index in [1.54, 1.807) is 15.9 Å². The van der Waals surface area contributed by atoms with Crippen LogP contribution in [-0.2, 0) is 28.6 Å². The molecular weight excluding hydrogens is 502 g/mol. The van der Waals surface area contributed by atoms with E-state index in [1.165, 1.54) is 6.08 Å². The lowest BCUT2D eigenvalue weighted by Gasteiger charge is -2.41. The monoisotopic (exact) mass is 547 g/mol. The molecule has 0 aromatic carbocycles. The van der Waals surface area contributed by atoms with Gasteiger partial charge in [-0.3, -0.25) is 19.3 Å². The molecule has 10 nitrogen and oxygen atoms in total. The Morgan fingerprint density at radius 1 is 1.23 bits per heavy atom. The smallest absolute Gasteiger partial charge is 0.313 e. The number of hydrogen-bond donors (Lipinski definition) is 1. The van der Waals surface area contributed by atoms with E-state index in [0.717, 1.165) is 13.1 Å². The normalized spacial score (nSPS) is 32.8. The lowest BCUT2D eigenvalue weighted by atomic mass is 9.65. The highest BCUT2D eigenvalue weighted by Crippen LogP contribution is 2.65. The van der Waals surface area contributed by atoms with Crippen LogP contribution in [0.5, 0.6) is 0 Å². The van der Waals surface area contributed by atoms with Crippen LogP contribution in [0.4, 0.5) is 0 Å². The van der Waals surface area contributed by atoms with E-state index in [9.17, 15) is 19.5 Å². The van der Waals surface area contributed by atoms with E-state index < -0.39 is 41.1 Å². The molecule has 10 heteroatoms. The molecule has 6 atom stereocenters. The third kappa shape index (κ3) is 5.05. The number of rotatable bonds is 13. The van der Waals surface area contributed by atoms with E-state index in [4.69, 9.17) is 14.2 Å². The number of carbonyl (C=O) groups excluding carboxylic acids is 3. The van der Waals surface area contributed by atoms with Gasteiger partial charge in [0.1, 0.15) is 24.2 Å². The molecule has 1 N–H and O–H groups in total. The SMILES string of the molecule is C=CCOC(=O)[C@H]1[C@H]2C(=O)N([C@@H](CO)C(C)C)C(C(=O)N(CC=C)CCN3CCOCC3)C23CC[C@]1(CC)O3. The molecule has 4 rings (SSSR count). The van der Waals surface area contributed by atoms with Crippen LogP contribution >= 0.6 is 0 Å². The second-order valence-corrected chi connectivity index (χ2v) is 11.5. The fourth-order valence-electron chi connectivity index (χ4n) is 7.21. The molecule has 0 aromatic heterocycles. The number of carbonyl (C=O) groups is 3. The Balaban J connectivity index is 1.73. The molecule has 0 radical (unpaired) electrons. The van der Waals surface area contributed by atoms with Crippen molar-refractivity contribution in [3.8, 4) is 0 Å². The van der Waals surface area contributed by atoms with Crippen LogP contribution in [0.2, 0.25) is 0 Å². The van der Waals surface area contributed by atoms with Crippen molar-refractivity contribution < 1.29 is 33.7 Å². The Labute approximate surface area is 231 Å². The maximum absolute atomic E-state index is 14.5. The van der Waals surface area contributed by atoms with Gasteiger partial charge in [0.15, 0.2) is 0 Å². The average Bonchev–Trinajstić information content (AvgIpc) is 3.54. The Kier molecular flexibility index (Phi) is 9.20. The topological polar surface area (TPSA) is 109 Å². The molecule has 4 aliphatic rings. The van der Waals surface area contributed by atoms with Crippen molar-refractivity contribution >= 4 is 17.8 Å². The van der Waals surface area contributed by atoms with E-state index >= 15 is 0 Å². The summed E-state index contributed by atoms with van der Waals surface area (Å²) in [5, 5.41) is 10.4. The van der Waals surface area contributed by atoms with Crippen molar-refractivity contribution in [3.63, 3.8) is 0 Å². The number of likely N-dealkylation sites (tertiary alicyclic amines) is 1. The second-order valence-electron chi connectivity index (χ2n) is 11.5. The first-order valence-electron chi connectivity index (χ1n) is 14.3. The lowest BCUT2D eigenvalue weighted by Crippen LogP contribution is -2.60. The molecule has 4 saturated heterocycles. The summed E-state index contributed by atoms with van der Waals surface area (Å²) in [6.45, 7) is 17.4. The summed E-state index contributed by atoms with van der Waals surface area (Å²) in [5.41, 5.74) is -2.03. The van der Waals surface area contributed by atoms with Gasteiger partial charge in [0, 0.05) is 32.7 Å². The molecule has 4 heterocycles. The van der Waals surface area contributed by atoms with Gasteiger partial charge in [0.2, 0.25) is 11.8 Å². The lowest BCUT2D eigenvalue weighted by molar-refractivity contribution is -0.163. The Hall–Kier alpha value is -2.27. The summed E-state index contributed by atoms with van der Waals surface area (Å²) in [4.78, 5) is 47.8. The standard InChI is InChI=1S/C29H45N3O7/c1-6-11-31(13-12-30-14-17-37-18-15-30)26(35)24-29-10-9-28(8-3,39-29)23(27(36)38-16-7-2)22(29)25(34)32(24)21(19-33)20(4)5/h6-7,20-24,33H,1-2,8-19H2,3-5H3/t21-,22-,23+,24?,28-,29?/m0/s1. The summed E-state index contributed by atoms with van der Waals surface area (Å²) < 4.78 is 17.7. The van der Waals surface area contributed by atoms with Crippen LogP contribution < -0.4 is 0 Å². The molecule has 4 fully saturated rings. The van der Waals surface area contributed by atoms with Crippen LogP contribution in [0.15, 0.2) is 25.3 Å². The first-order chi connectivity index (χ1) is 18.7. The zero-order valence-electron chi connectivity index (χ0n) is 23.7. The molecule has 2 unspecified atom stereocenters. The molecule has 39 heavy (non-hydrogen) atoms. The van der Waals surface area contributed by atoms with E-state index in [2.05, 4.69) is 18.1 Å². The van der Waals surface area contributed by atoms with Crippen LogP contribution in [0.1, 0.15) is 40.0 Å². The van der Waals surface area contributed by atoms with Gasteiger partial charge in [-0.05, 0) is 25.2 Å². The highest BCUT2D eigenvalue weighted by atomic mass is 16.6. The van der Waals surface area contributed by atoms with Gasteiger partial charge >= 0.3 is 5.97 Å². The zero-order valence-corrected chi connectivity index (χ0v) is 23.7. The van der Waals surface area contributed by atoms with Gasteiger partial charge in [-0.1, -0.05) is 39.5 Å². The highest BCUT2D eigenvalue weighted by molar-refractivity contribution is 5.98. The molecule has 0 aliphatic carbocycles. The van der Waals surface area contributed by atoms with E-state index in [1.807, 2.05) is 20.8 Å². The maximum Gasteiger partial charge on any atom is 0.313 e. The first-order valence-corrected chi connectivity index (χ1v) is 14.3. The van der Waals surface area contributed by atoms with Crippen LogP contribution in [-0.4, -0.2) is 120 Å². The molecular formula is C29H45N3O7. The first kappa shape index (κ1) is 29.7. The number of nitrogens with zero attached hydrogens (tertiary/aromatic N) is 3. The third-order valence-electron chi connectivity index (χ3n) is 9.21. The van der Waals surface area contributed by atoms with Crippen molar-refractivity contribution in [2.75, 3.05) is 59.2 Å². The van der Waals surface area contributed by atoms with Crippen LogP contribution in [0.25, 0.3) is 0 Å². The quantitative estimate of drug-likeness (QED) is 0.271. The maximum atomic E-state index is 14.5. The minimum absolute atomic E-state index is 0.0367. The molecule has 2 amide bonds. The van der Waals surface area contributed by atoms with Crippen molar-refractivity contribution in [2.24, 2.45) is 17.8 Å². The fraction of sp³-hybridized carbons (Fsp3) is 0.759. The molecule has 2 bridgehead atoms. The van der Waals surface area contributed by atoms with E-state index in [-0.39, 0.29) is 30.9 Å². The number of aliphatic hydroxyl groups excluding tert-OH is 1. The molecule has 218 valence electrons. The Bertz CT molecular complexity index is 951. The number of amides is 2. The second kappa shape index (κ2) is 12.1. The minimum Gasteiger partial charge on any atom is -0.461 e. The number of ether oxygens (including phenoxy) is 3.